The van der Waals surface area contributed by atoms with Crippen LogP contribution in [0, 0.1) is 5.92 Å². The molecule has 0 amide bonds. The molecule has 3 nitrogen and oxygen atoms in total. The van der Waals surface area contributed by atoms with Crippen molar-refractivity contribution >= 4 is 12.4 Å². The van der Waals surface area contributed by atoms with Crippen molar-refractivity contribution in [2.45, 2.75) is 25.6 Å². The zero-order chi connectivity index (χ0) is 13.8. The fourth-order valence-corrected chi connectivity index (χ4v) is 1.93. The standard InChI is InChI=1S/C14H14F2O3/c1-2-9-3-4-12(19-14(15)16)13(7-9)18-11-5-10(6-11)8-17/h2-4,7-8,10-11,14H,1,5-6H2. The van der Waals surface area contributed by atoms with E-state index in [9.17, 15) is 13.6 Å². The van der Waals surface area contributed by atoms with Crippen LogP contribution in [-0.2, 0) is 4.79 Å². The molecule has 102 valence electrons. The summed E-state index contributed by atoms with van der Waals surface area (Å²) < 4.78 is 34.6. The first kappa shape index (κ1) is 13.5. The summed E-state index contributed by atoms with van der Waals surface area (Å²) in [6.45, 7) is 0.709. The quantitative estimate of drug-likeness (QED) is 0.743. The summed E-state index contributed by atoms with van der Waals surface area (Å²) in [5, 5.41) is 0. The molecule has 0 N–H and O–H groups in total. The third-order valence-corrected chi connectivity index (χ3v) is 3.04. The molecule has 1 aliphatic carbocycles. The predicted octanol–water partition coefficient (Wildman–Crippen LogP) is 3.29. The van der Waals surface area contributed by atoms with Gasteiger partial charge < -0.3 is 14.3 Å². The summed E-state index contributed by atoms with van der Waals surface area (Å²) in [4.78, 5) is 10.5. The van der Waals surface area contributed by atoms with Crippen LogP contribution < -0.4 is 9.47 Å². The van der Waals surface area contributed by atoms with Crippen LogP contribution in [0.15, 0.2) is 24.8 Å². The predicted molar refractivity (Wildman–Crippen MR) is 66.4 cm³/mol. The average molecular weight is 268 g/mol. The Kier molecular flexibility index (Phi) is 4.14. The number of carbonyl (C=O) groups is 1. The van der Waals surface area contributed by atoms with Gasteiger partial charge >= 0.3 is 6.61 Å². The molecule has 5 heteroatoms. The highest BCUT2D eigenvalue weighted by molar-refractivity contribution is 5.56. The summed E-state index contributed by atoms with van der Waals surface area (Å²) in [5.74, 6) is 0.259. The maximum atomic E-state index is 12.3. The van der Waals surface area contributed by atoms with Crippen molar-refractivity contribution in [2.24, 2.45) is 5.92 Å². The smallest absolute Gasteiger partial charge is 0.387 e. The molecule has 1 aromatic carbocycles. The van der Waals surface area contributed by atoms with E-state index in [2.05, 4.69) is 11.3 Å². The second kappa shape index (κ2) is 5.82. The van der Waals surface area contributed by atoms with Crippen LogP contribution in [-0.4, -0.2) is 19.0 Å². The van der Waals surface area contributed by atoms with E-state index < -0.39 is 6.61 Å². The molecular weight excluding hydrogens is 254 g/mol. The lowest BCUT2D eigenvalue weighted by atomic mass is 9.83. The molecule has 0 aliphatic heterocycles. The molecule has 0 aromatic heterocycles. The Balaban J connectivity index is 2.11. The van der Waals surface area contributed by atoms with Crippen molar-refractivity contribution in [3.05, 3.63) is 30.3 Å². The number of aldehydes is 1. The summed E-state index contributed by atoms with van der Waals surface area (Å²) in [6.07, 6.45) is 3.56. The molecule has 1 saturated carbocycles. The zero-order valence-electron chi connectivity index (χ0n) is 10.2. The van der Waals surface area contributed by atoms with Gasteiger partial charge in [-0.15, -0.1) is 0 Å². The second-order valence-corrected chi connectivity index (χ2v) is 4.40. The normalized spacial score (nSPS) is 21.6. The Hall–Kier alpha value is -1.91. The van der Waals surface area contributed by atoms with Gasteiger partial charge in [0.15, 0.2) is 11.5 Å². The minimum Gasteiger partial charge on any atom is -0.486 e. The van der Waals surface area contributed by atoms with Crippen molar-refractivity contribution in [3.63, 3.8) is 0 Å². The minimum atomic E-state index is -2.90. The zero-order valence-corrected chi connectivity index (χ0v) is 10.2. The van der Waals surface area contributed by atoms with Gasteiger partial charge in [0.05, 0.1) is 0 Å². The first-order valence-corrected chi connectivity index (χ1v) is 5.95. The Morgan fingerprint density at radius 3 is 2.63 bits per heavy atom. The van der Waals surface area contributed by atoms with E-state index in [0.717, 1.165) is 11.8 Å². The van der Waals surface area contributed by atoms with Crippen LogP contribution in [0.1, 0.15) is 18.4 Å². The molecule has 0 atom stereocenters. The van der Waals surface area contributed by atoms with Gasteiger partial charge in [-0.2, -0.15) is 8.78 Å². The molecule has 0 unspecified atom stereocenters. The molecule has 0 heterocycles. The summed E-state index contributed by atoms with van der Waals surface area (Å²) in [6, 6.07) is 4.64. The number of halogens is 2. The van der Waals surface area contributed by atoms with Gasteiger partial charge in [0.25, 0.3) is 0 Å². The topological polar surface area (TPSA) is 35.5 Å². The van der Waals surface area contributed by atoms with E-state index in [0.29, 0.717) is 12.8 Å². The van der Waals surface area contributed by atoms with Crippen LogP contribution >= 0.6 is 0 Å². The highest BCUT2D eigenvalue weighted by Crippen LogP contribution is 2.36. The maximum Gasteiger partial charge on any atom is 0.387 e. The second-order valence-electron chi connectivity index (χ2n) is 4.40. The summed E-state index contributed by atoms with van der Waals surface area (Å²) in [7, 11) is 0. The van der Waals surface area contributed by atoms with E-state index >= 15 is 0 Å². The molecular formula is C14H14F2O3. The maximum absolute atomic E-state index is 12.3. The number of ether oxygens (including phenoxy) is 2. The molecule has 19 heavy (non-hydrogen) atoms. The molecule has 1 aromatic rings. The van der Waals surface area contributed by atoms with Gasteiger partial charge in [0.2, 0.25) is 0 Å². The Morgan fingerprint density at radius 2 is 2.05 bits per heavy atom. The number of hydrogen-bond donors (Lipinski definition) is 0. The van der Waals surface area contributed by atoms with Gasteiger partial charge in [0, 0.05) is 5.92 Å². The van der Waals surface area contributed by atoms with Crippen molar-refractivity contribution in [1.82, 2.24) is 0 Å². The molecule has 1 fully saturated rings. The molecule has 2 rings (SSSR count). The number of benzene rings is 1. The lowest BCUT2D eigenvalue weighted by molar-refractivity contribution is -0.116. The van der Waals surface area contributed by atoms with E-state index in [1.807, 2.05) is 0 Å². The van der Waals surface area contributed by atoms with Gasteiger partial charge in [-0.25, -0.2) is 0 Å². The first-order chi connectivity index (χ1) is 9.12. The highest BCUT2D eigenvalue weighted by Gasteiger charge is 2.31. The molecule has 0 saturated heterocycles. The third-order valence-electron chi connectivity index (χ3n) is 3.04. The van der Waals surface area contributed by atoms with E-state index in [-0.39, 0.29) is 23.5 Å². The Labute approximate surface area is 109 Å². The first-order valence-electron chi connectivity index (χ1n) is 5.95. The lowest BCUT2D eigenvalue weighted by Gasteiger charge is -2.32. The van der Waals surface area contributed by atoms with Crippen molar-refractivity contribution in [1.29, 1.82) is 0 Å². The van der Waals surface area contributed by atoms with Crippen molar-refractivity contribution < 1.29 is 23.0 Å². The van der Waals surface area contributed by atoms with Crippen LogP contribution in [0.4, 0.5) is 8.78 Å². The third kappa shape index (κ3) is 3.30. The average Bonchev–Trinajstić information content (AvgIpc) is 2.34. The summed E-state index contributed by atoms with van der Waals surface area (Å²) in [5.41, 5.74) is 0.753. The number of alkyl halides is 2. The summed E-state index contributed by atoms with van der Waals surface area (Å²) >= 11 is 0. The number of hydrogen-bond acceptors (Lipinski definition) is 3. The molecule has 0 spiro atoms. The van der Waals surface area contributed by atoms with Gasteiger partial charge in [-0.1, -0.05) is 18.7 Å². The fourth-order valence-electron chi connectivity index (χ4n) is 1.93. The number of rotatable bonds is 6. The molecule has 1 aliphatic rings. The van der Waals surface area contributed by atoms with Crippen LogP contribution in [0.25, 0.3) is 6.08 Å². The van der Waals surface area contributed by atoms with Crippen molar-refractivity contribution in [3.8, 4) is 11.5 Å². The van der Waals surface area contributed by atoms with Crippen LogP contribution in [0.3, 0.4) is 0 Å². The number of carbonyl (C=O) groups excluding carboxylic acids is 1. The van der Waals surface area contributed by atoms with Crippen LogP contribution in [0.2, 0.25) is 0 Å². The highest BCUT2D eigenvalue weighted by atomic mass is 19.3. The van der Waals surface area contributed by atoms with Gasteiger partial charge in [0.1, 0.15) is 12.4 Å². The SMILES string of the molecule is C=Cc1ccc(OC(F)F)c(OC2CC(C=O)C2)c1. The monoisotopic (exact) mass is 268 g/mol. The largest absolute Gasteiger partial charge is 0.486 e. The van der Waals surface area contributed by atoms with Crippen LogP contribution in [0.5, 0.6) is 11.5 Å². The lowest BCUT2D eigenvalue weighted by Crippen LogP contribution is -2.34. The van der Waals surface area contributed by atoms with E-state index in [1.54, 1.807) is 18.2 Å². The van der Waals surface area contributed by atoms with Gasteiger partial charge in [-0.05, 0) is 30.5 Å². The van der Waals surface area contributed by atoms with Gasteiger partial charge in [-0.3, -0.25) is 0 Å². The van der Waals surface area contributed by atoms with E-state index in [4.69, 9.17) is 4.74 Å². The van der Waals surface area contributed by atoms with E-state index in [1.165, 1.54) is 6.07 Å². The Morgan fingerprint density at radius 1 is 1.32 bits per heavy atom. The van der Waals surface area contributed by atoms with Crippen molar-refractivity contribution in [2.75, 3.05) is 0 Å². The molecule has 0 radical (unpaired) electrons. The Bertz CT molecular complexity index is 468. The molecule has 0 bridgehead atoms. The fraction of sp³-hybridized carbons (Fsp3) is 0.357. The minimum absolute atomic E-state index is 0.00449.